The minimum absolute atomic E-state index is 0.0300. The Hall–Kier alpha value is 0.0569. The lowest BCUT2D eigenvalue weighted by Gasteiger charge is -2.45. The first kappa shape index (κ1) is 15.0. The molecule has 3 heterocycles. The molecule has 5 heteroatoms. The maximum atomic E-state index is 6.81. The van der Waals surface area contributed by atoms with Crippen molar-refractivity contribution in [3.63, 3.8) is 0 Å². The molecule has 3 rings (SSSR count). The predicted octanol–water partition coefficient (Wildman–Crippen LogP) is 3.07. The summed E-state index contributed by atoms with van der Waals surface area (Å²) in [5.41, 5.74) is 1.71. The van der Waals surface area contributed by atoms with Gasteiger partial charge in [0.2, 0.25) is 8.32 Å². The third-order valence-corrected chi connectivity index (χ3v) is 11.4. The Labute approximate surface area is 123 Å². The van der Waals surface area contributed by atoms with E-state index in [4.69, 9.17) is 18.6 Å². The quantitative estimate of drug-likeness (QED) is 0.578. The number of ether oxygens (including phenoxy) is 3. The number of epoxide rings is 1. The van der Waals surface area contributed by atoms with Crippen LogP contribution in [-0.4, -0.2) is 45.6 Å². The molecule has 0 aromatic carbocycles. The Morgan fingerprint density at radius 3 is 2.05 bits per heavy atom. The molecule has 20 heavy (non-hydrogen) atoms. The van der Waals surface area contributed by atoms with Crippen molar-refractivity contribution >= 4 is 8.32 Å². The summed E-state index contributed by atoms with van der Waals surface area (Å²) in [7, 11) is -1.91. The summed E-state index contributed by atoms with van der Waals surface area (Å²) in [4.78, 5) is 0. The SMILES string of the molecule is CC(C)[Si](O[C@@H]1[C@H]2OC[C@H](O2)[C@H]2O[C@@H]12)(C(C)C)C(C)C. The zero-order chi connectivity index (χ0) is 14.7. The summed E-state index contributed by atoms with van der Waals surface area (Å²) in [6.45, 7) is 14.5. The second kappa shape index (κ2) is 5.06. The van der Waals surface area contributed by atoms with Gasteiger partial charge >= 0.3 is 0 Å². The lowest BCUT2D eigenvalue weighted by atomic mass is 10.1. The van der Waals surface area contributed by atoms with Crippen LogP contribution in [-0.2, 0) is 18.6 Å². The van der Waals surface area contributed by atoms with Crippen LogP contribution in [0.5, 0.6) is 0 Å². The number of hydrogen-bond acceptors (Lipinski definition) is 4. The summed E-state index contributed by atoms with van der Waals surface area (Å²) in [5, 5.41) is 0. The first-order chi connectivity index (χ1) is 9.37. The van der Waals surface area contributed by atoms with Crippen LogP contribution in [0.15, 0.2) is 0 Å². The van der Waals surface area contributed by atoms with Crippen molar-refractivity contribution in [1.82, 2.24) is 0 Å². The average Bonchev–Trinajstić information content (AvgIpc) is 3.03. The van der Waals surface area contributed by atoms with Gasteiger partial charge in [-0.1, -0.05) is 41.5 Å². The van der Waals surface area contributed by atoms with Gasteiger partial charge in [0, 0.05) is 0 Å². The molecule has 5 atom stereocenters. The van der Waals surface area contributed by atoms with E-state index in [9.17, 15) is 0 Å². The van der Waals surface area contributed by atoms with Gasteiger partial charge in [0.1, 0.15) is 24.4 Å². The van der Waals surface area contributed by atoms with Crippen LogP contribution in [0.3, 0.4) is 0 Å². The lowest BCUT2D eigenvalue weighted by molar-refractivity contribution is -0.139. The fourth-order valence-corrected chi connectivity index (χ4v) is 9.94. The minimum Gasteiger partial charge on any atom is -0.405 e. The van der Waals surface area contributed by atoms with E-state index in [0.717, 1.165) is 0 Å². The number of fused-ring (bicyclic) bond motifs is 4. The summed E-state index contributed by atoms with van der Waals surface area (Å²) >= 11 is 0. The molecule has 3 saturated heterocycles. The highest BCUT2D eigenvalue weighted by Gasteiger charge is 2.64. The second-order valence-corrected chi connectivity index (χ2v) is 12.7. The Balaban J connectivity index is 1.83. The third kappa shape index (κ3) is 2.10. The molecule has 0 aliphatic carbocycles. The summed E-state index contributed by atoms with van der Waals surface area (Å²) < 4.78 is 24.3. The van der Waals surface area contributed by atoms with E-state index in [2.05, 4.69) is 41.5 Å². The summed E-state index contributed by atoms with van der Waals surface area (Å²) in [5.74, 6) is 0. The molecule has 0 N–H and O–H groups in total. The van der Waals surface area contributed by atoms with E-state index >= 15 is 0 Å². The highest BCUT2D eigenvalue weighted by atomic mass is 28.4. The molecule has 0 spiro atoms. The predicted molar refractivity (Wildman–Crippen MR) is 79.2 cm³/mol. The van der Waals surface area contributed by atoms with Crippen LogP contribution >= 0.6 is 0 Å². The van der Waals surface area contributed by atoms with Crippen molar-refractivity contribution in [1.29, 1.82) is 0 Å². The number of rotatable bonds is 5. The maximum absolute atomic E-state index is 6.81. The largest absolute Gasteiger partial charge is 0.405 e. The third-order valence-electron chi connectivity index (χ3n) is 5.30. The molecule has 0 unspecified atom stereocenters. The smallest absolute Gasteiger partial charge is 0.201 e. The first-order valence-corrected chi connectivity index (χ1v) is 10.1. The molecule has 0 aromatic heterocycles. The molecular formula is C15H28O4Si. The maximum Gasteiger partial charge on any atom is 0.201 e. The van der Waals surface area contributed by atoms with Crippen LogP contribution in [0.25, 0.3) is 0 Å². The second-order valence-electron chi connectivity index (χ2n) is 7.34. The molecule has 3 aliphatic rings. The van der Waals surface area contributed by atoms with Crippen molar-refractivity contribution in [3.8, 4) is 0 Å². The standard InChI is InChI=1S/C15H28O4Si/c1-8(2)20(9(3)4,10(5)6)19-14-13-12(18-13)11-7-16-15(14)17-11/h8-15H,7H2,1-6H3/t11-,12+,13+,14-,15-/m0/s1. The highest BCUT2D eigenvalue weighted by molar-refractivity contribution is 6.77. The van der Waals surface area contributed by atoms with Crippen molar-refractivity contribution in [2.75, 3.05) is 6.61 Å². The minimum atomic E-state index is -1.91. The Kier molecular flexibility index (Phi) is 3.78. The van der Waals surface area contributed by atoms with E-state index in [-0.39, 0.29) is 30.7 Å². The number of hydrogen-bond donors (Lipinski definition) is 0. The van der Waals surface area contributed by atoms with Gasteiger partial charge in [0.25, 0.3) is 0 Å². The lowest BCUT2D eigenvalue weighted by Crippen LogP contribution is -2.55. The van der Waals surface area contributed by atoms with Gasteiger partial charge in [-0.25, -0.2) is 0 Å². The molecule has 4 nitrogen and oxygen atoms in total. The van der Waals surface area contributed by atoms with Gasteiger partial charge in [-0.3, -0.25) is 0 Å². The van der Waals surface area contributed by atoms with Crippen LogP contribution < -0.4 is 0 Å². The van der Waals surface area contributed by atoms with Gasteiger partial charge in [-0.15, -0.1) is 0 Å². The van der Waals surface area contributed by atoms with Crippen molar-refractivity contribution in [2.24, 2.45) is 0 Å². The van der Waals surface area contributed by atoms with Gasteiger partial charge < -0.3 is 18.6 Å². The molecule has 3 aliphatic heterocycles. The van der Waals surface area contributed by atoms with E-state index in [1.807, 2.05) is 0 Å². The van der Waals surface area contributed by atoms with Gasteiger partial charge in [-0.05, 0) is 16.6 Å². The fourth-order valence-electron chi connectivity index (χ4n) is 4.41. The Bertz CT molecular complexity index is 349. The van der Waals surface area contributed by atoms with E-state index in [1.165, 1.54) is 0 Å². The molecular weight excluding hydrogens is 272 g/mol. The molecule has 0 radical (unpaired) electrons. The molecule has 2 bridgehead atoms. The average molecular weight is 300 g/mol. The van der Waals surface area contributed by atoms with Crippen molar-refractivity contribution in [2.45, 2.75) is 88.9 Å². The van der Waals surface area contributed by atoms with E-state index in [1.54, 1.807) is 0 Å². The van der Waals surface area contributed by atoms with Crippen LogP contribution in [0.1, 0.15) is 41.5 Å². The summed E-state index contributed by atoms with van der Waals surface area (Å²) in [6.07, 6.45) is 0.295. The monoisotopic (exact) mass is 300 g/mol. The molecule has 0 amide bonds. The first-order valence-electron chi connectivity index (χ1n) is 7.98. The molecule has 3 fully saturated rings. The topological polar surface area (TPSA) is 40.2 Å². The molecule has 116 valence electrons. The van der Waals surface area contributed by atoms with Crippen LogP contribution in [0.4, 0.5) is 0 Å². The zero-order valence-corrected chi connectivity index (χ0v) is 14.5. The van der Waals surface area contributed by atoms with E-state index in [0.29, 0.717) is 23.2 Å². The highest BCUT2D eigenvalue weighted by Crippen LogP contribution is 2.49. The van der Waals surface area contributed by atoms with Crippen LogP contribution in [0.2, 0.25) is 16.6 Å². The van der Waals surface area contributed by atoms with Gasteiger partial charge in [-0.2, -0.15) is 0 Å². The van der Waals surface area contributed by atoms with Gasteiger partial charge in [0.15, 0.2) is 6.29 Å². The zero-order valence-electron chi connectivity index (χ0n) is 13.5. The van der Waals surface area contributed by atoms with Crippen LogP contribution in [0, 0.1) is 0 Å². The van der Waals surface area contributed by atoms with Gasteiger partial charge in [0.05, 0.1) is 6.61 Å². The van der Waals surface area contributed by atoms with Crippen molar-refractivity contribution in [3.05, 3.63) is 0 Å². The normalized spacial score (nSPS) is 39.8. The Morgan fingerprint density at radius 1 is 0.900 bits per heavy atom. The fraction of sp³-hybridized carbons (Fsp3) is 1.00. The molecule has 0 saturated carbocycles. The van der Waals surface area contributed by atoms with Crippen molar-refractivity contribution < 1.29 is 18.6 Å². The summed E-state index contributed by atoms with van der Waals surface area (Å²) in [6, 6.07) is 0. The van der Waals surface area contributed by atoms with E-state index < -0.39 is 8.32 Å². The molecule has 0 aromatic rings. The Morgan fingerprint density at radius 2 is 1.50 bits per heavy atom.